The highest BCUT2D eigenvalue weighted by atomic mass is 16.5. The number of hydrogen-bond acceptors (Lipinski definition) is 10. The van der Waals surface area contributed by atoms with Crippen molar-refractivity contribution in [1.82, 2.24) is 9.80 Å². The fourth-order valence-corrected chi connectivity index (χ4v) is 5.60. The number of methoxy groups -OCH3 is 1. The second-order valence-corrected chi connectivity index (χ2v) is 13.4. The van der Waals surface area contributed by atoms with E-state index in [0.717, 1.165) is 40.3 Å². The molecule has 0 aliphatic carbocycles. The van der Waals surface area contributed by atoms with E-state index < -0.39 is 48.4 Å². The number of hydrogen-bond donors (Lipinski definition) is 5. The normalized spacial score (nSPS) is 13.2. The van der Waals surface area contributed by atoms with Crippen molar-refractivity contribution in [2.24, 2.45) is 0 Å². The fourth-order valence-electron chi connectivity index (χ4n) is 5.60. The Balaban J connectivity index is 0.000000286. The molecule has 2 unspecified atom stereocenters. The maximum absolute atomic E-state index is 11.7. The van der Waals surface area contributed by atoms with Gasteiger partial charge in [0.2, 0.25) is 0 Å². The average Bonchev–Trinajstić information content (AvgIpc) is 3.12. The molecule has 0 amide bonds. The molecule has 280 valence electrons. The van der Waals surface area contributed by atoms with Crippen LogP contribution >= 0.6 is 0 Å². The number of aliphatic carboxylic acids is 2. The third-order valence-electron chi connectivity index (χ3n) is 8.21. The number of Topliss-reactive ketones (excluding diaryl/α,β-unsaturated/α-hetero) is 1. The highest BCUT2D eigenvalue weighted by Crippen LogP contribution is 2.22. The van der Waals surface area contributed by atoms with Gasteiger partial charge < -0.3 is 35.1 Å². The molecule has 0 spiro atoms. The molecular weight excluding hydrogens is 679 g/mol. The molecule has 0 saturated heterocycles. The largest absolute Gasteiger partial charge is 0.479 e. The summed E-state index contributed by atoms with van der Waals surface area (Å²) >= 11 is 0. The Labute approximate surface area is 310 Å². The maximum Gasteiger partial charge on any atom is 0.373 e. The van der Waals surface area contributed by atoms with E-state index in [4.69, 9.17) is 10.2 Å². The molecule has 4 aromatic carbocycles. The van der Waals surface area contributed by atoms with Crippen molar-refractivity contribution < 1.29 is 49.4 Å². The van der Waals surface area contributed by atoms with Gasteiger partial charge in [-0.25, -0.2) is 14.4 Å². The summed E-state index contributed by atoms with van der Waals surface area (Å²) < 4.78 is 4.66. The minimum Gasteiger partial charge on any atom is -0.479 e. The number of carboxylic acid groups (broad SMARTS) is 2. The Morgan fingerprint density at radius 2 is 1.04 bits per heavy atom. The van der Waals surface area contributed by atoms with E-state index in [9.17, 15) is 34.4 Å². The molecule has 2 atom stereocenters. The fraction of sp³-hybridized carbons (Fsp3) is 0.300. The topological polar surface area (TPSA) is 185 Å². The number of benzene rings is 4. The van der Waals surface area contributed by atoms with Gasteiger partial charge >= 0.3 is 17.9 Å². The standard InChI is InChI=1S/C20H26BNO4.C20H21NO6/c1-20(24,19(23)26-3)14-22(15-21(2)25)13-16-9-11-18(12-10-16)17-7-5-4-6-8-17;1-20(27,19(25)26)13-21(12-17(22)18(23)24)11-14-7-9-16(10-8-14)15-5-3-2-4-6-15/h4-12,24-25H,13-15H2,1-3H3;2-10,27H,11-13H2,1H3,(H,23,24)(H,25,26). The Bertz CT molecular complexity index is 1780. The van der Waals surface area contributed by atoms with E-state index in [1.807, 2.05) is 102 Å². The minimum absolute atomic E-state index is 0.0744. The Kier molecular flexibility index (Phi) is 15.6. The number of rotatable bonds is 17. The molecule has 0 bridgehead atoms. The van der Waals surface area contributed by atoms with E-state index >= 15 is 0 Å². The number of ketones is 1. The highest BCUT2D eigenvalue weighted by Gasteiger charge is 2.35. The molecule has 4 rings (SSSR count). The summed E-state index contributed by atoms with van der Waals surface area (Å²) in [5, 5.41) is 48.0. The van der Waals surface area contributed by atoms with Crippen LogP contribution in [0.3, 0.4) is 0 Å². The van der Waals surface area contributed by atoms with E-state index in [-0.39, 0.29) is 19.6 Å². The van der Waals surface area contributed by atoms with Crippen molar-refractivity contribution in [2.45, 2.75) is 45.0 Å². The zero-order valence-corrected chi connectivity index (χ0v) is 30.4. The second-order valence-electron chi connectivity index (χ2n) is 13.4. The lowest BCUT2D eigenvalue weighted by Crippen LogP contribution is -2.49. The summed E-state index contributed by atoms with van der Waals surface area (Å²) in [5.74, 6) is -4.81. The van der Waals surface area contributed by atoms with Crippen LogP contribution in [0.25, 0.3) is 22.3 Å². The highest BCUT2D eigenvalue weighted by molar-refractivity contribution is 6.48. The number of nitrogens with zero attached hydrogens (tertiary/aromatic N) is 2. The number of esters is 1. The molecule has 0 fully saturated rings. The lowest BCUT2D eigenvalue weighted by molar-refractivity contribution is -0.162. The lowest BCUT2D eigenvalue weighted by atomic mass is 9.71. The first-order valence-corrected chi connectivity index (χ1v) is 16.9. The SMILES string of the molecule is CC(O)(CN(CC(=O)C(=O)O)Cc1ccc(-c2ccccc2)cc1)C(=O)O.COC(=O)C(C)(O)CN(CB(C)O)Cc1ccc(-c2ccccc2)cc1. The third-order valence-corrected chi connectivity index (χ3v) is 8.21. The smallest absolute Gasteiger partial charge is 0.373 e. The molecule has 12 nitrogen and oxygen atoms in total. The monoisotopic (exact) mass is 726 g/mol. The molecule has 4 aromatic rings. The van der Waals surface area contributed by atoms with Crippen LogP contribution in [0, 0.1) is 0 Å². The van der Waals surface area contributed by atoms with Gasteiger partial charge in [0.15, 0.2) is 11.2 Å². The first-order chi connectivity index (χ1) is 25.0. The molecular formula is C40H47BN2O10. The maximum atomic E-state index is 11.7. The lowest BCUT2D eigenvalue weighted by Gasteiger charge is -2.30. The number of carbonyl (C=O) groups excluding carboxylic acids is 2. The summed E-state index contributed by atoms with van der Waals surface area (Å²) in [6.45, 7) is 3.44. The van der Waals surface area contributed by atoms with Gasteiger partial charge in [-0.05, 0) is 47.2 Å². The Hall–Kier alpha value is -5.18. The summed E-state index contributed by atoms with van der Waals surface area (Å²) in [4.78, 5) is 48.5. The summed E-state index contributed by atoms with van der Waals surface area (Å²) in [6, 6.07) is 35.3. The van der Waals surface area contributed by atoms with Crippen molar-refractivity contribution >= 4 is 30.6 Å². The quantitative estimate of drug-likeness (QED) is 0.0602. The molecule has 5 N–H and O–H groups in total. The van der Waals surface area contributed by atoms with Crippen LogP contribution in [-0.4, -0.2) is 110 Å². The van der Waals surface area contributed by atoms with Crippen LogP contribution in [0.1, 0.15) is 25.0 Å². The molecule has 0 aliphatic heterocycles. The predicted molar refractivity (Wildman–Crippen MR) is 202 cm³/mol. The van der Waals surface area contributed by atoms with Gasteiger partial charge in [0.05, 0.1) is 13.7 Å². The molecule has 0 aliphatic rings. The Morgan fingerprint density at radius 1 is 0.642 bits per heavy atom. The van der Waals surface area contributed by atoms with E-state index in [1.54, 1.807) is 6.82 Å². The van der Waals surface area contributed by atoms with Gasteiger partial charge in [0.25, 0.3) is 12.7 Å². The second kappa shape index (κ2) is 19.6. The summed E-state index contributed by atoms with van der Waals surface area (Å²) in [5.41, 5.74) is 2.35. The van der Waals surface area contributed by atoms with Gasteiger partial charge in [-0.1, -0.05) is 116 Å². The third kappa shape index (κ3) is 13.7. The van der Waals surface area contributed by atoms with E-state index in [2.05, 4.69) is 16.9 Å². The van der Waals surface area contributed by atoms with Gasteiger partial charge in [-0.2, -0.15) is 0 Å². The van der Waals surface area contributed by atoms with Crippen molar-refractivity contribution in [3.8, 4) is 22.3 Å². The van der Waals surface area contributed by atoms with Crippen molar-refractivity contribution in [3.63, 3.8) is 0 Å². The van der Waals surface area contributed by atoms with Gasteiger partial charge in [0.1, 0.15) is 0 Å². The Morgan fingerprint density at radius 3 is 1.42 bits per heavy atom. The first-order valence-electron chi connectivity index (χ1n) is 16.9. The number of aliphatic hydroxyl groups is 2. The molecule has 53 heavy (non-hydrogen) atoms. The zero-order valence-electron chi connectivity index (χ0n) is 30.4. The predicted octanol–water partition coefficient (Wildman–Crippen LogP) is 3.88. The number of carboxylic acids is 2. The summed E-state index contributed by atoms with van der Waals surface area (Å²) in [7, 11) is 1.25. The van der Waals surface area contributed by atoms with Crippen LogP contribution in [0.5, 0.6) is 0 Å². The van der Waals surface area contributed by atoms with Gasteiger partial charge in [-0.3, -0.25) is 9.69 Å². The van der Waals surface area contributed by atoms with Crippen LogP contribution in [0.4, 0.5) is 0 Å². The summed E-state index contributed by atoms with van der Waals surface area (Å²) in [6.07, 6.45) is 0.341. The number of ether oxygens (including phenoxy) is 1. The van der Waals surface area contributed by atoms with Crippen LogP contribution in [0.15, 0.2) is 109 Å². The van der Waals surface area contributed by atoms with Gasteiger partial charge in [-0.15, -0.1) is 0 Å². The van der Waals surface area contributed by atoms with Crippen LogP contribution in [-0.2, 0) is 37.0 Å². The molecule has 0 radical (unpaired) electrons. The zero-order chi connectivity index (χ0) is 39.2. The first kappa shape index (κ1) is 42.2. The van der Waals surface area contributed by atoms with Crippen molar-refractivity contribution in [2.75, 3.05) is 33.2 Å². The molecule has 0 heterocycles. The van der Waals surface area contributed by atoms with E-state index in [1.165, 1.54) is 18.9 Å². The van der Waals surface area contributed by atoms with Crippen LogP contribution < -0.4 is 0 Å². The van der Waals surface area contributed by atoms with Crippen molar-refractivity contribution in [3.05, 3.63) is 120 Å². The minimum atomic E-state index is -2.11. The molecule has 0 aromatic heterocycles. The van der Waals surface area contributed by atoms with Crippen molar-refractivity contribution in [1.29, 1.82) is 0 Å². The van der Waals surface area contributed by atoms with Gasteiger partial charge in [0, 0.05) is 32.6 Å². The van der Waals surface area contributed by atoms with E-state index in [0.29, 0.717) is 13.0 Å². The number of carbonyl (C=O) groups is 4. The average molecular weight is 727 g/mol. The molecule has 13 heteroatoms. The van der Waals surface area contributed by atoms with Crippen LogP contribution in [0.2, 0.25) is 6.82 Å². The molecule has 0 saturated carbocycles.